The van der Waals surface area contributed by atoms with Gasteiger partial charge in [-0.1, -0.05) is 5.10 Å². The van der Waals surface area contributed by atoms with Crippen molar-refractivity contribution in [3.05, 3.63) is 5.89 Å². The van der Waals surface area contributed by atoms with Crippen LogP contribution in [0, 0.1) is 6.92 Å². The molecular weight excluding hydrogens is 222 g/mol. The predicted molar refractivity (Wildman–Crippen MR) is 61.6 cm³/mol. The fourth-order valence-electron chi connectivity index (χ4n) is 1.86. The van der Waals surface area contributed by atoms with Crippen LogP contribution in [0.25, 0.3) is 0 Å². The predicted octanol–water partition coefficient (Wildman–Crippen LogP) is -0.390. The second-order valence-electron chi connectivity index (χ2n) is 4.26. The van der Waals surface area contributed by atoms with E-state index >= 15 is 0 Å². The summed E-state index contributed by atoms with van der Waals surface area (Å²) in [6, 6.07) is 0.581. The molecule has 7 nitrogen and oxygen atoms in total. The van der Waals surface area contributed by atoms with Crippen molar-refractivity contribution in [2.75, 3.05) is 31.5 Å². The van der Waals surface area contributed by atoms with Gasteiger partial charge in [-0.2, -0.15) is 0 Å². The second-order valence-corrected chi connectivity index (χ2v) is 4.26. The molecule has 2 N–H and O–H groups in total. The molecule has 0 aromatic carbocycles. The van der Waals surface area contributed by atoms with Crippen LogP contribution in [-0.2, 0) is 4.79 Å². The zero-order chi connectivity index (χ0) is 12.3. The van der Waals surface area contributed by atoms with Gasteiger partial charge in [0.2, 0.25) is 11.8 Å². The van der Waals surface area contributed by atoms with Crippen molar-refractivity contribution in [2.45, 2.75) is 19.9 Å². The number of hydrogen-bond donors (Lipinski definition) is 2. The van der Waals surface area contributed by atoms with E-state index in [0.29, 0.717) is 18.5 Å². The number of rotatable bonds is 3. The Morgan fingerprint density at radius 1 is 1.65 bits per heavy atom. The Bertz CT molecular complexity index is 392. The van der Waals surface area contributed by atoms with Gasteiger partial charge in [0.1, 0.15) is 0 Å². The Kier molecular flexibility index (Phi) is 3.70. The summed E-state index contributed by atoms with van der Waals surface area (Å²) < 4.78 is 5.08. The van der Waals surface area contributed by atoms with Crippen LogP contribution in [0.1, 0.15) is 12.8 Å². The van der Waals surface area contributed by atoms with Gasteiger partial charge in [0.25, 0.3) is 0 Å². The summed E-state index contributed by atoms with van der Waals surface area (Å²) in [7, 11) is 0. The molecule has 0 bridgehead atoms. The molecule has 94 valence electrons. The molecule has 0 spiro atoms. The number of aromatic nitrogens is 2. The van der Waals surface area contributed by atoms with Crippen LogP contribution in [0.2, 0.25) is 0 Å². The Labute approximate surface area is 99.6 Å². The minimum atomic E-state index is -0.122. The summed E-state index contributed by atoms with van der Waals surface area (Å²) in [5.41, 5.74) is 0. The monoisotopic (exact) mass is 239 g/mol. The molecule has 0 saturated carbocycles. The minimum absolute atomic E-state index is 0.122. The SMILES string of the molecule is Cc1nnc(NC(=O)CN2CCNC(C)C2)o1. The molecule has 1 fully saturated rings. The highest BCUT2D eigenvalue weighted by atomic mass is 16.4. The molecular formula is C10H17N5O2. The minimum Gasteiger partial charge on any atom is -0.408 e. The number of anilines is 1. The lowest BCUT2D eigenvalue weighted by atomic mass is 10.2. The number of hydrogen-bond acceptors (Lipinski definition) is 6. The summed E-state index contributed by atoms with van der Waals surface area (Å²) in [5, 5.41) is 13.3. The molecule has 1 amide bonds. The van der Waals surface area contributed by atoms with E-state index in [-0.39, 0.29) is 11.9 Å². The first-order valence-corrected chi connectivity index (χ1v) is 5.69. The van der Waals surface area contributed by atoms with Crippen molar-refractivity contribution in [3.8, 4) is 0 Å². The average molecular weight is 239 g/mol. The zero-order valence-corrected chi connectivity index (χ0v) is 10.1. The van der Waals surface area contributed by atoms with Gasteiger partial charge in [-0.05, 0) is 6.92 Å². The van der Waals surface area contributed by atoms with Crippen molar-refractivity contribution < 1.29 is 9.21 Å². The number of nitrogens with zero attached hydrogens (tertiary/aromatic N) is 3. The van der Waals surface area contributed by atoms with E-state index in [2.05, 4.69) is 32.7 Å². The van der Waals surface area contributed by atoms with E-state index in [9.17, 15) is 4.79 Å². The summed E-state index contributed by atoms with van der Waals surface area (Å²) >= 11 is 0. The zero-order valence-electron chi connectivity index (χ0n) is 10.1. The quantitative estimate of drug-likeness (QED) is 0.747. The molecule has 17 heavy (non-hydrogen) atoms. The van der Waals surface area contributed by atoms with Gasteiger partial charge in [-0.3, -0.25) is 15.0 Å². The molecule has 2 rings (SSSR count). The summed E-state index contributed by atoms with van der Waals surface area (Å²) in [6.45, 7) is 6.80. The lowest BCUT2D eigenvalue weighted by Gasteiger charge is -2.30. The van der Waals surface area contributed by atoms with Crippen molar-refractivity contribution in [1.82, 2.24) is 20.4 Å². The number of aryl methyl sites for hydroxylation is 1. The Morgan fingerprint density at radius 3 is 3.12 bits per heavy atom. The van der Waals surface area contributed by atoms with Crippen molar-refractivity contribution in [3.63, 3.8) is 0 Å². The van der Waals surface area contributed by atoms with Crippen molar-refractivity contribution in [2.24, 2.45) is 0 Å². The molecule has 1 unspecified atom stereocenters. The molecule has 1 saturated heterocycles. The normalized spacial score (nSPS) is 21.4. The molecule has 1 atom stereocenters. The smallest absolute Gasteiger partial charge is 0.322 e. The Balaban J connectivity index is 1.80. The average Bonchev–Trinajstić information content (AvgIpc) is 2.63. The summed E-state index contributed by atoms with van der Waals surface area (Å²) in [6.07, 6.45) is 0. The lowest BCUT2D eigenvalue weighted by molar-refractivity contribution is -0.117. The van der Waals surface area contributed by atoms with E-state index < -0.39 is 0 Å². The molecule has 7 heteroatoms. The van der Waals surface area contributed by atoms with Crippen LogP contribution in [0.3, 0.4) is 0 Å². The maximum atomic E-state index is 11.7. The van der Waals surface area contributed by atoms with Crippen LogP contribution in [0.5, 0.6) is 0 Å². The van der Waals surface area contributed by atoms with E-state index in [0.717, 1.165) is 19.6 Å². The summed E-state index contributed by atoms with van der Waals surface area (Å²) in [5.74, 6) is 0.318. The standard InChI is InChI=1S/C10H17N5O2/c1-7-5-15(4-3-11-7)6-9(16)12-10-14-13-8(2)17-10/h7,11H,3-6H2,1-2H3,(H,12,14,16). The van der Waals surface area contributed by atoms with E-state index in [1.165, 1.54) is 0 Å². The molecule has 0 aliphatic carbocycles. The van der Waals surface area contributed by atoms with Crippen molar-refractivity contribution in [1.29, 1.82) is 0 Å². The van der Waals surface area contributed by atoms with Gasteiger partial charge in [0.15, 0.2) is 0 Å². The molecule has 1 aliphatic rings. The van der Waals surface area contributed by atoms with Crippen LogP contribution < -0.4 is 10.6 Å². The highest BCUT2D eigenvalue weighted by Crippen LogP contribution is 2.04. The van der Waals surface area contributed by atoms with E-state index in [1.807, 2.05) is 0 Å². The van der Waals surface area contributed by atoms with E-state index in [1.54, 1.807) is 6.92 Å². The first-order valence-electron chi connectivity index (χ1n) is 5.69. The Hall–Kier alpha value is -1.47. The molecule has 1 aliphatic heterocycles. The van der Waals surface area contributed by atoms with Crippen LogP contribution in [-0.4, -0.2) is 53.2 Å². The third-order valence-corrected chi connectivity index (χ3v) is 2.59. The van der Waals surface area contributed by atoms with Gasteiger partial charge in [0.05, 0.1) is 6.54 Å². The van der Waals surface area contributed by atoms with Gasteiger partial charge in [-0.25, -0.2) is 0 Å². The molecule has 1 aromatic rings. The lowest BCUT2D eigenvalue weighted by Crippen LogP contribution is -2.51. The van der Waals surface area contributed by atoms with Gasteiger partial charge in [0, 0.05) is 32.6 Å². The van der Waals surface area contributed by atoms with Crippen molar-refractivity contribution >= 4 is 11.9 Å². The Morgan fingerprint density at radius 2 is 2.47 bits per heavy atom. The third kappa shape index (κ3) is 3.50. The highest BCUT2D eigenvalue weighted by Gasteiger charge is 2.18. The maximum absolute atomic E-state index is 11.7. The largest absolute Gasteiger partial charge is 0.408 e. The second kappa shape index (κ2) is 5.24. The van der Waals surface area contributed by atoms with Gasteiger partial charge < -0.3 is 9.73 Å². The first-order chi connectivity index (χ1) is 8.13. The number of carbonyl (C=O) groups is 1. The number of carbonyl (C=O) groups excluding carboxylic acids is 1. The number of amides is 1. The van der Waals surface area contributed by atoms with Crippen LogP contribution >= 0.6 is 0 Å². The van der Waals surface area contributed by atoms with Gasteiger partial charge >= 0.3 is 6.01 Å². The fraction of sp³-hybridized carbons (Fsp3) is 0.700. The topological polar surface area (TPSA) is 83.3 Å². The van der Waals surface area contributed by atoms with Crippen LogP contribution in [0.4, 0.5) is 6.01 Å². The number of nitrogens with one attached hydrogen (secondary N) is 2. The van der Waals surface area contributed by atoms with E-state index in [4.69, 9.17) is 4.42 Å². The molecule has 1 aromatic heterocycles. The summed E-state index contributed by atoms with van der Waals surface area (Å²) in [4.78, 5) is 13.8. The first kappa shape index (κ1) is 12.0. The van der Waals surface area contributed by atoms with Crippen LogP contribution in [0.15, 0.2) is 4.42 Å². The molecule has 2 heterocycles. The third-order valence-electron chi connectivity index (χ3n) is 2.59. The molecule has 0 radical (unpaired) electrons. The highest BCUT2D eigenvalue weighted by molar-refractivity contribution is 5.90. The number of piperazine rings is 1. The maximum Gasteiger partial charge on any atom is 0.322 e. The fourth-order valence-corrected chi connectivity index (χ4v) is 1.86. The van der Waals surface area contributed by atoms with Gasteiger partial charge in [-0.15, -0.1) is 5.10 Å².